The van der Waals surface area contributed by atoms with Gasteiger partial charge in [0.1, 0.15) is 16.7 Å². The molecule has 0 amide bonds. The summed E-state index contributed by atoms with van der Waals surface area (Å²) < 4.78 is 16.0. The molecule has 0 aliphatic rings. The zero-order valence-corrected chi connectivity index (χ0v) is 16.4. The molecule has 1 atom stereocenters. The van der Waals surface area contributed by atoms with E-state index in [9.17, 15) is 9.50 Å². The van der Waals surface area contributed by atoms with Crippen molar-refractivity contribution in [3.63, 3.8) is 0 Å². The Kier molecular flexibility index (Phi) is 4.94. The number of anilines is 2. The topological polar surface area (TPSA) is 88.8 Å². The molecule has 4 heterocycles. The van der Waals surface area contributed by atoms with Crippen LogP contribution in [0.1, 0.15) is 18.2 Å². The zero-order valence-electron chi connectivity index (χ0n) is 16.4. The molecule has 8 heteroatoms. The second kappa shape index (κ2) is 7.56. The van der Waals surface area contributed by atoms with Crippen molar-refractivity contribution in [3.05, 3.63) is 59.9 Å². The SMILES string of the molecule is Cc1ccc(F)c(-c2cc(Nc3ccnc4cnn(C[C@H](C)O)c34)c(C)cn2)n1. The molecule has 4 aromatic heterocycles. The molecule has 29 heavy (non-hydrogen) atoms. The summed E-state index contributed by atoms with van der Waals surface area (Å²) in [6.45, 7) is 5.79. The summed E-state index contributed by atoms with van der Waals surface area (Å²) in [4.78, 5) is 13.0. The summed E-state index contributed by atoms with van der Waals surface area (Å²) in [5.41, 5.74) is 5.33. The quantitative estimate of drug-likeness (QED) is 0.537. The number of halogens is 1. The van der Waals surface area contributed by atoms with Crippen LogP contribution in [-0.2, 0) is 6.54 Å². The lowest BCUT2D eigenvalue weighted by Gasteiger charge is -2.14. The average Bonchev–Trinajstić information content (AvgIpc) is 3.09. The van der Waals surface area contributed by atoms with Gasteiger partial charge >= 0.3 is 0 Å². The third-order valence-electron chi connectivity index (χ3n) is 4.57. The first-order valence-electron chi connectivity index (χ1n) is 9.28. The van der Waals surface area contributed by atoms with Crippen LogP contribution in [0.4, 0.5) is 15.8 Å². The van der Waals surface area contributed by atoms with E-state index in [0.29, 0.717) is 17.8 Å². The maximum Gasteiger partial charge on any atom is 0.151 e. The minimum atomic E-state index is -0.546. The fraction of sp³-hybridized carbons (Fsp3) is 0.238. The number of nitrogens with one attached hydrogen (secondary N) is 1. The zero-order chi connectivity index (χ0) is 20.5. The van der Waals surface area contributed by atoms with E-state index in [4.69, 9.17) is 0 Å². The molecule has 4 rings (SSSR count). The number of hydrogen-bond donors (Lipinski definition) is 2. The Labute approximate surface area is 167 Å². The van der Waals surface area contributed by atoms with Gasteiger partial charge in [0.05, 0.1) is 30.2 Å². The summed E-state index contributed by atoms with van der Waals surface area (Å²) in [6, 6.07) is 6.64. The maximum absolute atomic E-state index is 14.3. The highest BCUT2D eigenvalue weighted by Crippen LogP contribution is 2.29. The monoisotopic (exact) mass is 392 g/mol. The van der Waals surface area contributed by atoms with Crippen molar-refractivity contribution in [2.24, 2.45) is 0 Å². The third-order valence-corrected chi connectivity index (χ3v) is 4.57. The molecule has 148 valence electrons. The Morgan fingerprint density at radius 1 is 1.14 bits per heavy atom. The maximum atomic E-state index is 14.3. The molecule has 4 aromatic rings. The number of nitrogens with zero attached hydrogens (tertiary/aromatic N) is 5. The van der Waals surface area contributed by atoms with Crippen molar-refractivity contribution < 1.29 is 9.50 Å². The van der Waals surface area contributed by atoms with Crippen LogP contribution in [0.15, 0.2) is 42.9 Å². The van der Waals surface area contributed by atoms with Crippen LogP contribution in [0.5, 0.6) is 0 Å². The first-order chi connectivity index (χ1) is 13.9. The van der Waals surface area contributed by atoms with Gasteiger partial charge in [0.15, 0.2) is 5.82 Å². The van der Waals surface area contributed by atoms with Crippen LogP contribution in [0.3, 0.4) is 0 Å². The number of aliphatic hydroxyl groups is 1. The molecule has 0 aliphatic heterocycles. The molecule has 0 spiro atoms. The summed E-state index contributed by atoms with van der Waals surface area (Å²) >= 11 is 0. The van der Waals surface area contributed by atoms with Gasteiger partial charge in [0, 0.05) is 23.8 Å². The molecule has 7 nitrogen and oxygen atoms in total. The standard InChI is InChI=1S/C21H21FN6O/c1-12-9-24-18(20-15(22)5-4-13(2)26-20)8-17(12)27-16-6-7-23-19-10-25-28(21(16)19)11-14(3)29/h4-10,14,29H,11H2,1-3H3,(H,23,24,27)/t14-/m0/s1. The molecule has 0 radical (unpaired) electrons. The lowest BCUT2D eigenvalue weighted by atomic mass is 10.1. The van der Waals surface area contributed by atoms with Gasteiger partial charge < -0.3 is 10.4 Å². The van der Waals surface area contributed by atoms with Crippen LogP contribution < -0.4 is 5.32 Å². The van der Waals surface area contributed by atoms with E-state index < -0.39 is 11.9 Å². The highest BCUT2D eigenvalue weighted by Gasteiger charge is 2.14. The first-order valence-corrected chi connectivity index (χ1v) is 9.28. The van der Waals surface area contributed by atoms with Gasteiger partial charge in [-0.15, -0.1) is 0 Å². The largest absolute Gasteiger partial charge is 0.391 e. The van der Waals surface area contributed by atoms with Crippen LogP contribution in [0.25, 0.3) is 22.4 Å². The third kappa shape index (κ3) is 3.79. The van der Waals surface area contributed by atoms with E-state index in [1.165, 1.54) is 6.07 Å². The predicted octanol–water partition coefficient (Wildman–Crippen LogP) is 3.77. The minimum Gasteiger partial charge on any atom is -0.391 e. The van der Waals surface area contributed by atoms with Crippen molar-refractivity contribution in [2.45, 2.75) is 33.4 Å². The average molecular weight is 392 g/mol. The van der Waals surface area contributed by atoms with Gasteiger partial charge in [0.2, 0.25) is 0 Å². The van der Waals surface area contributed by atoms with Crippen LogP contribution in [-0.4, -0.2) is 35.9 Å². The lowest BCUT2D eigenvalue weighted by Crippen LogP contribution is -2.13. The van der Waals surface area contributed by atoms with E-state index in [1.807, 2.05) is 19.9 Å². The smallest absolute Gasteiger partial charge is 0.151 e. The number of aliphatic hydroxyl groups excluding tert-OH is 1. The minimum absolute atomic E-state index is 0.215. The van der Waals surface area contributed by atoms with E-state index >= 15 is 0 Å². The Morgan fingerprint density at radius 3 is 2.76 bits per heavy atom. The molecule has 0 aromatic carbocycles. The Morgan fingerprint density at radius 2 is 1.97 bits per heavy atom. The van der Waals surface area contributed by atoms with Crippen molar-refractivity contribution >= 4 is 22.4 Å². The van der Waals surface area contributed by atoms with E-state index in [-0.39, 0.29) is 5.69 Å². The molecular weight excluding hydrogens is 371 g/mol. The molecule has 0 saturated heterocycles. The number of pyridine rings is 3. The van der Waals surface area contributed by atoms with Gasteiger partial charge in [-0.3, -0.25) is 14.6 Å². The number of aryl methyl sites for hydroxylation is 2. The summed E-state index contributed by atoms with van der Waals surface area (Å²) in [5.74, 6) is -0.417. The molecule has 0 unspecified atom stereocenters. The van der Waals surface area contributed by atoms with Gasteiger partial charge in [-0.05, 0) is 50.6 Å². The van der Waals surface area contributed by atoms with Crippen molar-refractivity contribution in [1.82, 2.24) is 24.7 Å². The second-order valence-corrected chi connectivity index (χ2v) is 7.06. The molecule has 0 fully saturated rings. The van der Waals surface area contributed by atoms with E-state index in [1.54, 1.807) is 42.3 Å². The number of fused-ring (bicyclic) bond motifs is 1. The van der Waals surface area contributed by atoms with Crippen LogP contribution in [0.2, 0.25) is 0 Å². The van der Waals surface area contributed by atoms with Crippen LogP contribution >= 0.6 is 0 Å². The van der Waals surface area contributed by atoms with Crippen molar-refractivity contribution in [1.29, 1.82) is 0 Å². The Bertz CT molecular complexity index is 1190. The van der Waals surface area contributed by atoms with E-state index in [2.05, 4.69) is 25.4 Å². The molecule has 0 saturated carbocycles. The number of rotatable bonds is 5. The normalized spacial score (nSPS) is 12.3. The Balaban J connectivity index is 1.77. The number of aromatic nitrogens is 5. The summed E-state index contributed by atoms with van der Waals surface area (Å²) in [5, 5.41) is 17.5. The predicted molar refractivity (Wildman–Crippen MR) is 109 cm³/mol. The van der Waals surface area contributed by atoms with Gasteiger partial charge in [0.25, 0.3) is 0 Å². The van der Waals surface area contributed by atoms with E-state index in [0.717, 1.165) is 28.1 Å². The van der Waals surface area contributed by atoms with Crippen molar-refractivity contribution in [3.8, 4) is 11.4 Å². The number of hydrogen-bond acceptors (Lipinski definition) is 6. The highest BCUT2D eigenvalue weighted by molar-refractivity contribution is 5.90. The van der Waals surface area contributed by atoms with Crippen molar-refractivity contribution in [2.75, 3.05) is 5.32 Å². The Hall–Kier alpha value is -3.39. The molecule has 0 bridgehead atoms. The highest BCUT2D eigenvalue weighted by atomic mass is 19.1. The van der Waals surface area contributed by atoms with Crippen LogP contribution in [0, 0.1) is 19.7 Å². The van der Waals surface area contributed by atoms with Gasteiger partial charge in [-0.1, -0.05) is 0 Å². The molecule has 0 aliphatic carbocycles. The van der Waals surface area contributed by atoms with Gasteiger partial charge in [-0.2, -0.15) is 5.10 Å². The summed E-state index contributed by atoms with van der Waals surface area (Å²) in [7, 11) is 0. The fourth-order valence-corrected chi connectivity index (χ4v) is 3.16. The summed E-state index contributed by atoms with van der Waals surface area (Å²) in [6.07, 6.45) is 4.50. The lowest BCUT2D eigenvalue weighted by molar-refractivity contribution is 0.170. The van der Waals surface area contributed by atoms with Gasteiger partial charge in [-0.25, -0.2) is 9.37 Å². The molecular formula is C21H21FN6O. The first kappa shape index (κ1) is 18.9. The second-order valence-electron chi connectivity index (χ2n) is 7.06. The fourth-order valence-electron chi connectivity index (χ4n) is 3.16. The molecule has 2 N–H and O–H groups in total.